The molecule has 0 aromatic carbocycles. The monoisotopic (exact) mass is 291 g/mol. The molecule has 112 valence electrons. The highest BCUT2D eigenvalue weighted by Gasteiger charge is 2.10. The highest BCUT2D eigenvalue weighted by atomic mass is 32.2. The van der Waals surface area contributed by atoms with E-state index in [2.05, 4.69) is 10.8 Å². The maximum absolute atomic E-state index is 11.7. The number of hydrogen-bond acceptors (Lipinski definition) is 4. The van der Waals surface area contributed by atoms with Gasteiger partial charge in [-0.2, -0.15) is 0 Å². The molecule has 0 amide bonds. The van der Waals surface area contributed by atoms with Gasteiger partial charge < -0.3 is 9.47 Å². The molecule has 0 aromatic heterocycles. The van der Waals surface area contributed by atoms with Crippen LogP contribution in [-0.4, -0.2) is 47.6 Å². The maximum Gasteiger partial charge on any atom is 0.213 e. The van der Waals surface area contributed by atoms with Crippen molar-refractivity contribution in [2.45, 2.75) is 32.1 Å². The van der Waals surface area contributed by atoms with Gasteiger partial charge in [0.2, 0.25) is 10.0 Å². The minimum Gasteiger partial charge on any atom is -0.382 e. The van der Waals surface area contributed by atoms with Crippen molar-refractivity contribution in [3.63, 3.8) is 0 Å². The number of allylic oxidation sites excluding steroid dienone is 1. The van der Waals surface area contributed by atoms with Crippen molar-refractivity contribution >= 4 is 10.0 Å². The summed E-state index contributed by atoms with van der Waals surface area (Å²) >= 11 is 0. The van der Waals surface area contributed by atoms with Gasteiger partial charge in [0.1, 0.15) is 0 Å². The molecule has 0 aromatic rings. The van der Waals surface area contributed by atoms with Crippen molar-refractivity contribution < 1.29 is 17.9 Å². The molecule has 0 fully saturated rings. The fourth-order valence-electron chi connectivity index (χ4n) is 1.98. The highest BCUT2D eigenvalue weighted by Crippen LogP contribution is 2.19. The van der Waals surface area contributed by atoms with Crippen LogP contribution in [0.1, 0.15) is 32.1 Å². The van der Waals surface area contributed by atoms with Crippen LogP contribution in [-0.2, 0) is 19.5 Å². The van der Waals surface area contributed by atoms with E-state index in [9.17, 15) is 8.42 Å². The molecule has 0 saturated carbocycles. The molecule has 0 atom stereocenters. The molecule has 1 N–H and O–H groups in total. The quantitative estimate of drug-likeness (QED) is 0.489. The van der Waals surface area contributed by atoms with Crippen LogP contribution in [0.4, 0.5) is 0 Å². The number of sulfonamides is 1. The van der Waals surface area contributed by atoms with Crippen molar-refractivity contribution in [2.24, 2.45) is 0 Å². The van der Waals surface area contributed by atoms with Gasteiger partial charge in [0.05, 0.1) is 25.6 Å². The second-order valence-corrected chi connectivity index (χ2v) is 6.60. The van der Waals surface area contributed by atoms with E-state index in [-0.39, 0.29) is 12.4 Å². The van der Waals surface area contributed by atoms with Crippen molar-refractivity contribution in [3.8, 4) is 0 Å². The van der Waals surface area contributed by atoms with Gasteiger partial charge in [-0.3, -0.25) is 0 Å². The zero-order chi connectivity index (χ0) is 14.0. The zero-order valence-electron chi connectivity index (χ0n) is 11.7. The highest BCUT2D eigenvalue weighted by molar-refractivity contribution is 7.89. The van der Waals surface area contributed by atoms with Crippen molar-refractivity contribution in [3.05, 3.63) is 11.6 Å². The minimum atomic E-state index is -3.21. The van der Waals surface area contributed by atoms with Crippen LogP contribution in [0.2, 0.25) is 0 Å². The second-order valence-electron chi connectivity index (χ2n) is 4.68. The van der Waals surface area contributed by atoms with Gasteiger partial charge >= 0.3 is 0 Å². The predicted molar refractivity (Wildman–Crippen MR) is 75.7 cm³/mol. The molecule has 0 unspecified atom stereocenters. The first-order valence-electron chi connectivity index (χ1n) is 6.86. The fraction of sp³-hybridized carbons (Fsp3) is 0.846. The number of hydrogen-bond donors (Lipinski definition) is 1. The van der Waals surface area contributed by atoms with Crippen molar-refractivity contribution in [1.82, 2.24) is 4.72 Å². The van der Waals surface area contributed by atoms with Crippen LogP contribution in [0.5, 0.6) is 0 Å². The summed E-state index contributed by atoms with van der Waals surface area (Å²) in [5.74, 6) is 0.00968. The molecule has 1 aliphatic rings. The van der Waals surface area contributed by atoms with Gasteiger partial charge in [-0.05, 0) is 32.1 Å². The fourth-order valence-corrected chi connectivity index (χ4v) is 2.88. The molecular formula is C13H25NO4S. The lowest BCUT2D eigenvalue weighted by Gasteiger charge is -2.13. The number of ether oxygens (including phenoxy) is 2. The Morgan fingerprint density at radius 2 is 2.11 bits per heavy atom. The third-order valence-corrected chi connectivity index (χ3v) is 4.43. The number of nitrogens with one attached hydrogen (secondary N) is 1. The average Bonchev–Trinajstić information content (AvgIpc) is 2.39. The molecule has 0 aliphatic heterocycles. The van der Waals surface area contributed by atoms with E-state index in [1.807, 2.05) is 0 Å². The summed E-state index contributed by atoms with van der Waals surface area (Å²) < 4.78 is 35.9. The number of methoxy groups -OCH3 is 1. The predicted octanol–water partition coefficient (Wildman–Crippen LogP) is 1.46. The first-order chi connectivity index (χ1) is 9.14. The largest absolute Gasteiger partial charge is 0.382 e. The summed E-state index contributed by atoms with van der Waals surface area (Å²) in [5, 5.41) is 0. The van der Waals surface area contributed by atoms with Gasteiger partial charge in [-0.1, -0.05) is 11.6 Å². The third kappa shape index (κ3) is 8.36. The van der Waals surface area contributed by atoms with Gasteiger partial charge in [0.25, 0.3) is 0 Å². The normalized spacial score (nSPS) is 16.4. The van der Waals surface area contributed by atoms with Gasteiger partial charge in [0.15, 0.2) is 0 Å². The Labute approximate surface area is 116 Å². The van der Waals surface area contributed by atoms with Crippen LogP contribution in [0.3, 0.4) is 0 Å². The maximum atomic E-state index is 11.7. The molecule has 0 saturated heterocycles. The van der Waals surface area contributed by atoms with E-state index < -0.39 is 10.0 Å². The van der Waals surface area contributed by atoms with Crippen molar-refractivity contribution in [2.75, 3.05) is 39.2 Å². The summed E-state index contributed by atoms with van der Waals surface area (Å²) in [4.78, 5) is 0. The summed E-state index contributed by atoms with van der Waals surface area (Å²) in [5.41, 5.74) is 1.38. The van der Waals surface area contributed by atoms with Crippen molar-refractivity contribution in [1.29, 1.82) is 0 Å². The summed E-state index contributed by atoms with van der Waals surface area (Å²) in [6.45, 7) is 1.62. The van der Waals surface area contributed by atoms with Gasteiger partial charge in [-0.15, -0.1) is 0 Å². The van der Waals surface area contributed by atoms with E-state index in [0.29, 0.717) is 19.8 Å². The van der Waals surface area contributed by atoms with E-state index >= 15 is 0 Å². The van der Waals surface area contributed by atoms with Gasteiger partial charge in [0, 0.05) is 13.7 Å². The lowest BCUT2D eigenvalue weighted by molar-refractivity contribution is 0.0784. The SMILES string of the molecule is COCCOCCS(=O)(=O)NCCC1=CCCCC1. The summed E-state index contributed by atoms with van der Waals surface area (Å²) in [6, 6.07) is 0. The van der Waals surface area contributed by atoms with E-state index in [0.717, 1.165) is 19.3 Å². The topological polar surface area (TPSA) is 64.6 Å². The minimum absolute atomic E-state index is 0.00968. The van der Waals surface area contributed by atoms with E-state index in [1.54, 1.807) is 7.11 Å². The lowest BCUT2D eigenvalue weighted by Crippen LogP contribution is -2.29. The standard InChI is InChI=1S/C13H25NO4S/c1-17-9-10-18-11-12-19(15,16)14-8-7-13-5-3-2-4-6-13/h5,14H,2-4,6-12H2,1H3. The summed E-state index contributed by atoms with van der Waals surface area (Å²) in [7, 11) is -1.63. The first kappa shape index (κ1) is 16.6. The Balaban J connectivity index is 2.10. The summed E-state index contributed by atoms with van der Waals surface area (Å²) in [6.07, 6.45) is 7.80. The van der Waals surface area contributed by atoms with Crippen LogP contribution in [0, 0.1) is 0 Å². The number of rotatable bonds is 10. The molecule has 0 bridgehead atoms. The lowest BCUT2D eigenvalue weighted by atomic mass is 9.97. The Morgan fingerprint density at radius 1 is 1.26 bits per heavy atom. The zero-order valence-corrected chi connectivity index (χ0v) is 12.5. The Morgan fingerprint density at radius 3 is 2.79 bits per heavy atom. The molecule has 1 aliphatic carbocycles. The second kappa shape index (κ2) is 9.47. The molecule has 19 heavy (non-hydrogen) atoms. The van der Waals surface area contributed by atoms with Crippen LogP contribution >= 0.6 is 0 Å². The van der Waals surface area contributed by atoms with E-state index in [4.69, 9.17) is 9.47 Å². The Kier molecular flexibility index (Phi) is 8.29. The Bertz CT molecular complexity index is 365. The molecule has 0 radical (unpaired) electrons. The first-order valence-corrected chi connectivity index (χ1v) is 8.51. The molecule has 1 rings (SSSR count). The Hall–Kier alpha value is -0.430. The van der Waals surface area contributed by atoms with Crippen LogP contribution in [0.25, 0.3) is 0 Å². The molecule has 0 heterocycles. The molecular weight excluding hydrogens is 266 g/mol. The molecule has 5 nitrogen and oxygen atoms in total. The smallest absolute Gasteiger partial charge is 0.213 e. The van der Waals surface area contributed by atoms with Gasteiger partial charge in [-0.25, -0.2) is 13.1 Å². The third-order valence-electron chi connectivity index (χ3n) is 3.08. The average molecular weight is 291 g/mol. The van der Waals surface area contributed by atoms with Crippen LogP contribution in [0.15, 0.2) is 11.6 Å². The molecule has 6 heteroatoms. The van der Waals surface area contributed by atoms with Crippen LogP contribution < -0.4 is 4.72 Å². The molecule has 0 spiro atoms. The van der Waals surface area contributed by atoms with E-state index in [1.165, 1.54) is 18.4 Å².